The second kappa shape index (κ2) is 5.27. The van der Waals surface area contributed by atoms with Crippen LogP contribution in [0.4, 0.5) is 10.2 Å². The maximum Gasteiger partial charge on any atom is 0.170 e. The van der Waals surface area contributed by atoms with E-state index in [-0.39, 0.29) is 12.4 Å². The number of pyridine rings is 1. The van der Waals surface area contributed by atoms with Crippen molar-refractivity contribution in [1.29, 1.82) is 0 Å². The summed E-state index contributed by atoms with van der Waals surface area (Å²) in [5, 5.41) is 2.04. The van der Waals surface area contributed by atoms with Crippen molar-refractivity contribution in [3.05, 3.63) is 46.0 Å². The first-order valence-corrected chi connectivity index (χ1v) is 7.30. The van der Waals surface area contributed by atoms with E-state index in [1.54, 1.807) is 23.6 Å². The maximum atomic E-state index is 14.4. The van der Waals surface area contributed by atoms with E-state index in [9.17, 15) is 4.39 Å². The van der Waals surface area contributed by atoms with Gasteiger partial charge in [-0.1, -0.05) is 6.07 Å². The highest BCUT2D eigenvalue weighted by Gasteiger charge is 2.32. The average Bonchev–Trinajstić information content (AvgIpc) is 3.14. The van der Waals surface area contributed by atoms with Gasteiger partial charge in [-0.25, -0.2) is 9.37 Å². The monoisotopic (exact) mass is 277 g/mol. The Labute approximate surface area is 115 Å². The van der Waals surface area contributed by atoms with Gasteiger partial charge in [-0.05, 0) is 30.4 Å². The van der Waals surface area contributed by atoms with E-state index in [2.05, 4.69) is 16.0 Å². The molecule has 0 atom stereocenters. The van der Waals surface area contributed by atoms with Gasteiger partial charge in [0.1, 0.15) is 0 Å². The van der Waals surface area contributed by atoms with Crippen molar-refractivity contribution in [2.75, 3.05) is 4.90 Å². The predicted octanol–water partition coefficient (Wildman–Crippen LogP) is 2.91. The number of hydrogen-bond acceptors (Lipinski definition) is 4. The Bertz CT molecular complexity index is 552. The van der Waals surface area contributed by atoms with Crippen LogP contribution in [0.15, 0.2) is 29.8 Å². The summed E-state index contributed by atoms with van der Waals surface area (Å²) in [7, 11) is 0. The Kier molecular flexibility index (Phi) is 3.48. The molecule has 2 heterocycles. The van der Waals surface area contributed by atoms with E-state index in [1.165, 1.54) is 4.88 Å². The van der Waals surface area contributed by atoms with Crippen LogP contribution in [0.3, 0.4) is 0 Å². The molecule has 0 aromatic carbocycles. The third-order valence-corrected chi connectivity index (χ3v) is 4.20. The molecule has 1 fully saturated rings. The van der Waals surface area contributed by atoms with Gasteiger partial charge < -0.3 is 10.6 Å². The van der Waals surface area contributed by atoms with Crippen molar-refractivity contribution < 1.29 is 4.39 Å². The molecule has 0 aliphatic heterocycles. The standard InChI is InChI=1S/C14H16FN3S/c15-13-10(8-16)5-6-17-14(13)18(11-3-4-11)9-12-2-1-7-19-12/h1-2,5-7,11H,3-4,8-9,16H2. The zero-order chi connectivity index (χ0) is 13.2. The lowest BCUT2D eigenvalue weighted by Gasteiger charge is -2.24. The van der Waals surface area contributed by atoms with Crippen molar-refractivity contribution >= 4 is 17.2 Å². The zero-order valence-corrected chi connectivity index (χ0v) is 11.4. The van der Waals surface area contributed by atoms with Crippen molar-refractivity contribution in [3.8, 4) is 0 Å². The van der Waals surface area contributed by atoms with E-state index < -0.39 is 0 Å². The molecule has 2 aromatic rings. The average molecular weight is 277 g/mol. The van der Waals surface area contributed by atoms with Crippen LogP contribution in [0.1, 0.15) is 23.3 Å². The largest absolute Gasteiger partial charge is 0.346 e. The summed E-state index contributed by atoms with van der Waals surface area (Å²) in [6, 6.07) is 6.16. The molecule has 5 heteroatoms. The van der Waals surface area contributed by atoms with E-state index in [4.69, 9.17) is 5.73 Å². The minimum absolute atomic E-state index is 0.207. The molecule has 1 saturated carbocycles. The Balaban J connectivity index is 1.92. The topological polar surface area (TPSA) is 42.1 Å². The fourth-order valence-corrected chi connectivity index (χ4v) is 2.87. The molecule has 3 nitrogen and oxygen atoms in total. The highest BCUT2D eigenvalue weighted by molar-refractivity contribution is 7.09. The number of rotatable bonds is 5. The van der Waals surface area contributed by atoms with Crippen LogP contribution in [0.5, 0.6) is 0 Å². The molecular formula is C14H16FN3S. The third-order valence-electron chi connectivity index (χ3n) is 3.34. The number of anilines is 1. The molecule has 1 aliphatic rings. The summed E-state index contributed by atoms with van der Waals surface area (Å²) in [6.07, 6.45) is 3.86. The molecule has 0 bridgehead atoms. The second-order valence-electron chi connectivity index (χ2n) is 4.75. The highest BCUT2D eigenvalue weighted by atomic mass is 32.1. The van der Waals surface area contributed by atoms with Crippen molar-refractivity contribution in [2.24, 2.45) is 5.73 Å². The van der Waals surface area contributed by atoms with Gasteiger partial charge >= 0.3 is 0 Å². The first-order valence-electron chi connectivity index (χ1n) is 6.42. The predicted molar refractivity (Wildman–Crippen MR) is 75.6 cm³/mol. The second-order valence-corrected chi connectivity index (χ2v) is 5.78. The van der Waals surface area contributed by atoms with E-state index in [0.29, 0.717) is 17.4 Å². The summed E-state index contributed by atoms with van der Waals surface area (Å²) in [4.78, 5) is 7.53. The van der Waals surface area contributed by atoms with Crippen LogP contribution in [-0.2, 0) is 13.1 Å². The number of nitrogens with zero attached hydrogens (tertiary/aromatic N) is 2. The Morgan fingerprint density at radius 3 is 2.89 bits per heavy atom. The summed E-state index contributed by atoms with van der Waals surface area (Å²) in [5.74, 6) is 0.173. The molecule has 100 valence electrons. The van der Waals surface area contributed by atoms with Crippen LogP contribution < -0.4 is 10.6 Å². The molecule has 0 unspecified atom stereocenters. The van der Waals surface area contributed by atoms with E-state index >= 15 is 0 Å². The molecular weight excluding hydrogens is 261 g/mol. The molecule has 0 saturated heterocycles. The molecule has 1 aliphatic carbocycles. The minimum atomic E-state index is -0.270. The van der Waals surface area contributed by atoms with Gasteiger partial charge in [0.25, 0.3) is 0 Å². The van der Waals surface area contributed by atoms with Gasteiger partial charge in [-0.15, -0.1) is 11.3 Å². The summed E-state index contributed by atoms with van der Waals surface area (Å²) < 4.78 is 14.4. The lowest BCUT2D eigenvalue weighted by molar-refractivity contribution is 0.591. The number of thiophene rings is 1. The summed E-state index contributed by atoms with van der Waals surface area (Å²) in [5.41, 5.74) is 6.09. The van der Waals surface area contributed by atoms with Crippen LogP contribution in [0.2, 0.25) is 0 Å². The fourth-order valence-electron chi connectivity index (χ4n) is 2.16. The first kappa shape index (κ1) is 12.6. The van der Waals surface area contributed by atoms with E-state index in [1.807, 2.05) is 11.4 Å². The van der Waals surface area contributed by atoms with Crippen LogP contribution in [0.25, 0.3) is 0 Å². The van der Waals surface area contributed by atoms with Gasteiger partial charge in [0, 0.05) is 29.2 Å². The lowest BCUT2D eigenvalue weighted by atomic mass is 10.2. The zero-order valence-electron chi connectivity index (χ0n) is 10.6. The molecule has 0 radical (unpaired) electrons. The quantitative estimate of drug-likeness (QED) is 0.913. The molecule has 19 heavy (non-hydrogen) atoms. The highest BCUT2D eigenvalue weighted by Crippen LogP contribution is 2.34. The Morgan fingerprint density at radius 1 is 1.42 bits per heavy atom. The molecule has 2 aromatic heterocycles. The number of nitrogens with two attached hydrogens (primary N) is 1. The normalized spacial score (nSPS) is 14.6. The number of halogens is 1. The smallest absolute Gasteiger partial charge is 0.170 e. The molecule has 3 rings (SSSR count). The van der Waals surface area contributed by atoms with Gasteiger partial charge in [-0.3, -0.25) is 0 Å². The van der Waals surface area contributed by atoms with Crippen LogP contribution in [0, 0.1) is 5.82 Å². The number of aromatic nitrogens is 1. The fraction of sp³-hybridized carbons (Fsp3) is 0.357. The minimum Gasteiger partial charge on any atom is -0.346 e. The third kappa shape index (κ3) is 2.62. The SMILES string of the molecule is NCc1ccnc(N(Cc2cccs2)C2CC2)c1F. The van der Waals surface area contributed by atoms with Crippen molar-refractivity contribution in [3.63, 3.8) is 0 Å². The summed E-state index contributed by atoms with van der Waals surface area (Å²) in [6.45, 7) is 0.930. The Morgan fingerprint density at radius 2 is 2.26 bits per heavy atom. The summed E-state index contributed by atoms with van der Waals surface area (Å²) >= 11 is 1.69. The first-order chi connectivity index (χ1) is 9.29. The lowest BCUT2D eigenvalue weighted by Crippen LogP contribution is -2.27. The van der Waals surface area contributed by atoms with Gasteiger partial charge in [0.2, 0.25) is 0 Å². The molecule has 2 N–H and O–H groups in total. The molecule has 0 amide bonds. The Hall–Kier alpha value is -1.46. The molecule has 0 spiro atoms. The number of hydrogen-bond donors (Lipinski definition) is 1. The van der Waals surface area contributed by atoms with Gasteiger partial charge in [0.15, 0.2) is 11.6 Å². The van der Waals surface area contributed by atoms with Crippen molar-refractivity contribution in [2.45, 2.75) is 32.0 Å². The van der Waals surface area contributed by atoms with Crippen LogP contribution >= 0.6 is 11.3 Å². The van der Waals surface area contributed by atoms with Crippen molar-refractivity contribution in [1.82, 2.24) is 4.98 Å². The van der Waals surface area contributed by atoms with E-state index in [0.717, 1.165) is 19.4 Å². The van der Waals surface area contributed by atoms with Gasteiger partial charge in [-0.2, -0.15) is 0 Å². The maximum absolute atomic E-state index is 14.4. The van der Waals surface area contributed by atoms with Gasteiger partial charge in [0.05, 0.1) is 6.54 Å². The van der Waals surface area contributed by atoms with Crippen LogP contribution in [-0.4, -0.2) is 11.0 Å².